The maximum Gasteiger partial charge on any atom is 0.469 e. The standard InChI is InChI=1S/C55H93N2O7P/c1-3-5-7-9-11-13-15-17-19-21-23-25-27-29-31-37-44-57(45-38-32-30-28-26-24-22-20-18-16-14-12-10-8-6-4-2)54(58)53(43-46-64-65(60,61)62)56-55(59)63-47-52-50-41-35-33-39-48(50)49-40-34-36-42-51(49)52/h33-36,39-42,52-53H,3-32,37-38,43-47H2,1-2H3,(H,56,59)(H2,60,61,62). The second-order valence-corrected chi connectivity index (χ2v) is 20.3. The van der Waals surface area contributed by atoms with Gasteiger partial charge in [0.1, 0.15) is 12.6 Å². The Kier molecular flexibility index (Phi) is 31.7. The first kappa shape index (κ1) is 56.6. The van der Waals surface area contributed by atoms with Crippen LogP contribution >= 0.6 is 7.82 Å². The second-order valence-electron chi connectivity index (χ2n) is 19.1. The number of rotatable bonds is 42. The molecule has 2 aromatic carbocycles. The van der Waals surface area contributed by atoms with Gasteiger partial charge in [-0.1, -0.05) is 255 Å². The number of phosphoric acid groups is 1. The van der Waals surface area contributed by atoms with Crippen LogP contribution in [0, 0.1) is 0 Å². The Labute approximate surface area is 396 Å². The lowest BCUT2D eigenvalue weighted by atomic mass is 9.98. The van der Waals surface area contributed by atoms with E-state index in [-0.39, 0.29) is 31.5 Å². The Morgan fingerprint density at radius 2 is 0.892 bits per heavy atom. The van der Waals surface area contributed by atoms with Crippen molar-refractivity contribution in [2.75, 3.05) is 26.3 Å². The molecule has 0 heterocycles. The molecular weight excluding hydrogens is 832 g/mol. The number of benzene rings is 2. The third-order valence-corrected chi connectivity index (χ3v) is 14.0. The van der Waals surface area contributed by atoms with Gasteiger partial charge in [0.2, 0.25) is 5.91 Å². The number of alkyl carbamates (subject to hydrolysis) is 1. The molecule has 1 aliphatic rings. The molecule has 1 atom stereocenters. The molecule has 370 valence electrons. The zero-order valence-corrected chi connectivity index (χ0v) is 42.2. The van der Waals surface area contributed by atoms with E-state index in [2.05, 4.69) is 43.4 Å². The molecule has 0 aromatic heterocycles. The minimum Gasteiger partial charge on any atom is -0.449 e. The van der Waals surface area contributed by atoms with Crippen molar-refractivity contribution in [3.8, 4) is 11.1 Å². The second kappa shape index (κ2) is 36.3. The van der Waals surface area contributed by atoms with Crippen LogP contribution in [-0.4, -0.2) is 59.0 Å². The quantitative estimate of drug-likeness (QED) is 0.0447. The summed E-state index contributed by atoms with van der Waals surface area (Å²) in [6, 6.07) is 15.2. The van der Waals surface area contributed by atoms with Crippen LogP contribution in [0.5, 0.6) is 0 Å². The van der Waals surface area contributed by atoms with Crippen molar-refractivity contribution in [2.45, 2.75) is 238 Å². The summed E-state index contributed by atoms with van der Waals surface area (Å²) in [5.41, 5.74) is 4.43. The molecule has 3 N–H and O–H groups in total. The van der Waals surface area contributed by atoms with Crippen molar-refractivity contribution in [2.24, 2.45) is 0 Å². The first-order valence-corrected chi connectivity index (χ1v) is 28.4. The Balaban J connectivity index is 1.47. The number of phosphoric ester groups is 1. The van der Waals surface area contributed by atoms with Crippen molar-refractivity contribution in [1.82, 2.24) is 10.2 Å². The Bertz CT molecular complexity index is 1480. The number of hydrogen-bond acceptors (Lipinski definition) is 5. The maximum absolute atomic E-state index is 14.3. The van der Waals surface area contributed by atoms with Gasteiger partial charge in [-0.15, -0.1) is 0 Å². The van der Waals surface area contributed by atoms with Crippen LogP contribution in [0.3, 0.4) is 0 Å². The summed E-state index contributed by atoms with van der Waals surface area (Å²) in [6.07, 6.45) is 40.1. The average Bonchev–Trinajstić information content (AvgIpc) is 3.62. The molecule has 1 unspecified atom stereocenters. The molecule has 3 rings (SSSR count). The van der Waals surface area contributed by atoms with Gasteiger partial charge in [0.05, 0.1) is 6.61 Å². The van der Waals surface area contributed by atoms with Gasteiger partial charge in [-0.3, -0.25) is 9.32 Å². The Hall–Kier alpha value is -2.71. The fourth-order valence-corrected chi connectivity index (χ4v) is 9.93. The predicted octanol–water partition coefficient (Wildman–Crippen LogP) is 15.7. The fourth-order valence-electron chi connectivity index (χ4n) is 9.58. The van der Waals surface area contributed by atoms with Crippen LogP contribution in [0.15, 0.2) is 48.5 Å². The highest BCUT2D eigenvalue weighted by Gasteiger charge is 2.31. The maximum atomic E-state index is 14.3. The van der Waals surface area contributed by atoms with E-state index in [1.807, 2.05) is 29.2 Å². The first-order chi connectivity index (χ1) is 31.7. The molecule has 65 heavy (non-hydrogen) atoms. The molecule has 1 aliphatic carbocycles. The van der Waals surface area contributed by atoms with E-state index in [9.17, 15) is 23.9 Å². The average molecular weight is 925 g/mol. The molecular formula is C55H93N2O7P. The predicted molar refractivity (Wildman–Crippen MR) is 270 cm³/mol. The Morgan fingerprint density at radius 1 is 0.554 bits per heavy atom. The number of carbonyl (C=O) groups excluding carboxylic acids is 2. The number of unbranched alkanes of at least 4 members (excludes halogenated alkanes) is 30. The van der Waals surface area contributed by atoms with Crippen molar-refractivity contribution in [1.29, 1.82) is 0 Å². The van der Waals surface area contributed by atoms with Gasteiger partial charge < -0.3 is 24.7 Å². The molecule has 0 aliphatic heterocycles. The van der Waals surface area contributed by atoms with E-state index < -0.39 is 20.0 Å². The molecule has 0 radical (unpaired) electrons. The highest BCUT2D eigenvalue weighted by Crippen LogP contribution is 2.44. The minimum atomic E-state index is -4.76. The summed E-state index contributed by atoms with van der Waals surface area (Å²) in [4.78, 5) is 48.5. The summed E-state index contributed by atoms with van der Waals surface area (Å²) >= 11 is 0. The van der Waals surface area contributed by atoms with Gasteiger partial charge >= 0.3 is 13.9 Å². The number of amides is 2. The van der Waals surface area contributed by atoms with Crippen molar-refractivity contribution < 1.29 is 33.2 Å². The van der Waals surface area contributed by atoms with Crippen LogP contribution in [0.25, 0.3) is 11.1 Å². The normalized spacial score (nSPS) is 12.9. The number of carbonyl (C=O) groups is 2. The number of fused-ring (bicyclic) bond motifs is 3. The zero-order valence-electron chi connectivity index (χ0n) is 41.3. The molecule has 2 amide bonds. The lowest BCUT2D eigenvalue weighted by Crippen LogP contribution is -2.50. The summed E-state index contributed by atoms with van der Waals surface area (Å²) < 4.78 is 22.2. The van der Waals surface area contributed by atoms with Crippen LogP contribution in [0.4, 0.5) is 4.79 Å². The summed E-state index contributed by atoms with van der Waals surface area (Å²) in [6.45, 7) is 5.43. The molecule has 10 heteroatoms. The summed E-state index contributed by atoms with van der Waals surface area (Å²) in [7, 11) is -4.76. The lowest BCUT2D eigenvalue weighted by molar-refractivity contribution is -0.134. The van der Waals surface area contributed by atoms with Gasteiger partial charge in [0.15, 0.2) is 0 Å². The van der Waals surface area contributed by atoms with Crippen LogP contribution in [0.1, 0.15) is 243 Å². The van der Waals surface area contributed by atoms with Crippen LogP contribution in [-0.2, 0) is 18.6 Å². The third kappa shape index (κ3) is 25.9. The highest BCUT2D eigenvalue weighted by atomic mass is 31.2. The number of nitrogens with one attached hydrogen (secondary N) is 1. The molecule has 9 nitrogen and oxygen atoms in total. The monoisotopic (exact) mass is 925 g/mol. The van der Waals surface area contributed by atoms with Crippen molar-refractivity contribution >= 4 is 19.8 Å². The summed E-state index contributed by atoms with van der Waals surface area (Å²) in [5, 5.41) is 2.78. The smallest absolute Gasteiger partial charge is 0.449 e. The Morgan fingerprint density at radius 3 is 1.25 bits per heavy atom. The van der Waals surface area contributed by atoms with E-state index in [0.29, 0.717) is 13.1 Å². The van der Waals surface area contributed by atoms with Crippen molar-refractivity contribution in [3.05, 3.63) is 59.7 Å². The number of hydrogen-bond donors (Lipinski definition) is 3. The topological polar surface area (TPSA) is 125 Å². The molecule has 0 saturated carbocycles. The molecule has 2 aromatic rings. The fraction of sp³-hybridized carbons (Fsp3) is 0.745. The van der Waals surface area contributed by atoms with Gasteiger partial charge in [0.25, 0.3) is 0 Å². The molecule has 0 spiro atoms. The molecule has 0 saturated heterocycles. The third-order valence-electron chi connectivity index (χ3n) is 13.5. The van der Waals surface area contributed by atoms with Gasteiger partial charge in [-0.05, 0) is 35.1 Å². The highest BCUT2D eigenvalue weighted by molar-refractivity contribution is 7.46. The van der Waals surface area contributed by atoms with E-state index in [1.165, 1.54) is 167 Å². The number of ether oxygens (including phenoxy) is 1. The van der Waals surface area contributed by atoms with E-state index in [1.54, 1.807) is 0 Å². The van der Waals surface area contributed by atoms with Crippen molar-refractivity contribution in [3.63, 3.8) is 0 Å². The zero-order chi connectivity index (χ0) is 46.6. The summed E-state index contributed by atoms with van der Waals surface area (Å²) in [5.74, 6) is -0.392. The minimum absolute atomic E-state index is 0.0808. The largest absolute Gasteiger partial charge is 0.469 e. The van der Waals surface area contributed by atoms with Crippen LogP contribution < -0.4 is 5.32 Å². The van der Waals surface area contributed by atoms with Gasteiger partial charge in [-0.25, -0.2) is 9.36 Å². The SMILES string of the molecule is CCCCCCCCCCCCCCCCCCN(CCCCCCCCCCCCCCCCCC)C(=O)C(CCOP(=O)(O)O)NC(=O)OCC1c2ccccc2-c2ccccc21. The van der Waals surface area contributed by atoms with E-state index >= 15 is 0 Å². The van der Waals surface area contributed by atoms with Gasteiger partial charge in [-0.2, -0.15) is 0 Å². The van der Waals surface area contributed by atoms with E-state index in [0.717, 1.165) is 60.8 Å². The van der Waals surface area contributed by atoms with Gasteiger partial charge in [0, 0.05) is 25.4 Å². The number of nitrogens with zero attached hydrogens (tertiary/aromatic N) is 1. The molecule has 0 bridgehead atoms. The first-order valence-electron chi connectivity index (χ1n) is 26.9. The van der Waals surface area contributed by atoms with E-state index in [4.69, 9.17) is 9.26 Å². The molecule has 0 fully saturated rings. The van der Waals surface area contributed by atoms with Crippen LogP contribution in [0.2, 0.25) is 0 Å². The lowest BCUT2D eigenvalue weighted by Gasteiger charge is -2.28.